The van der Waals surface area contributed by atoms with Gasteiger partial charge >= 0.3 is 0 Å². The van der Waals surface area contributed by atoms with Crippen LogP contribution in [0.4, 0.5) is 0 Å². The van der Waals surface area contributed by atoms with E-state index in [9.17, 15) is 9.59 Å². The van der Waals surface area contributed by atoms with Crippen LogP contribution in [-0.2, 0) is 6.54 Å². The Morgan fingerprint density at radius 3 is 2.37 bits per heavy atom. The van der Waals surface area contributed by atoms with Crippen LogP contribution in [0.25, 0.3) is 11.0 Å². The summed E-state index contributed by atoms with van der Waals surface area (Å²) in [6, 6.07) is 18.5. The van der Waals surface area contributed by atoms with Crippen LogP contribution in [-0.4, -0.2) is 24.5 Å². The average Bonchev–Trinajstić information content (AvgIpc) is 3.17. The molecular weight excluding hydrogens is 478 g/mol. The summed E-state index contributed by atoms with van der Waals surface area (Å²) in [4.78, 5) is 29.4. The fourth-order valence-electron chi connectivity index (χ4n) is 4.91. The van der Waals surface area contributed by atoms with Gasteiger partial charge in [0, 0.05) is 6.54 Å². The van der Waals surface area contributed by atoms with E-state index >= 15 is 0 Å². The van der Waals surface area contributed by atoms with Gasteiger partial charge in [0.1, 0.15) is 5.58 Å². The lowest BCUT2D eigenvalue weighted by atomic mass is 9.97. The molecule has 196 valence electrons. The fraction of sp³-hybridized carbons (Fsp3) is 0.312. The van der Waals surface area contributed by atoms with Gasteiger partial charge in [0.25, 0.3) is 5.91 Å². The second kappa shape index (κ2) is 10.4. The van der Waals surface area contributed by atoms with Crippen molar-refractivity contribution in [1.29, 1.82) is 0 Å². The van der Waals surface area contributed by atoms with Gasteiger partial charge in [0.2, 0.25) is 5.76 Å². The molecule has 5 rings (SSSR count). The van der Waals surface area contributed by atoms with Crippen molar-refractivity contribution in [2.45, 2.75) is 46.7 Å². The largest absolute Gasteiger partial charge is 0.493 e. The first-order valence-electron chi connectivity index (χ1n) is 13.0. The van der Waals surface area contributed by atoms with Gasteiger partial charge in [0.05, 0.1) is 30.7 Å². The normalized spacial score (nSPS) is 14.8. The van der Waals surface area contributed by atoms with Crippen LogP contribution < -0.4 is 14.9 Å². The molecule has 0 N–H and O–H groups in total. The lowest BCUT2D eigenvalue weighted by Crippen LogP contribution is -2.29. The van der Waals surface area contributed by atoms with Gasteiger partial charge in [-0.3, -0.25) is 9.59 Å². The van der Waals surface area contributed by atoms with Crippen molar-refractivity contribution in [3.63, 3.8) is 0 Å². The third-order valence-electron chi connectivity index (χ3n) is 7.05. The number of methoxy groups -OCH3 is 1. The molecular formula is C32H33NO5. The van der Waals surface area contributed by atoms with E-state index in [4.69, 9.17) is 13.9 Å². The smallest absolute Gasteiger partial charge is 0.291 e. The highest BCUT2D eigenvalue weighted by molar-refractivity contribution is 5.99. The van der Waals surface area contributed by atoms with Gasteiger partial charge < -0.3 is 18.8 Å². The zero-order valence-corrected chi connectivity index (χ0v) is 22.5. The molecule has 1 aromatic heterocycles. The van der Waals surface area contributed by atoms with Gasteiger partial charge in [-0.2, -0.15) is 0 Å². The second-order valence-electron chi connectivity index (χ2n) is 10.4. The highest BCUT2D eigenvalue weighted by Crippen LogP contribution is 2.41. The molecule has 0 radical (unpaired) electrons. The quantitative estimate of drug-likeness (QED) is 0.267. The van der Waals surface area contributed by atoms with Crippen molar-refractivity contribution in [3.8, 4) is 11.5 Å². The summed E-state index contributed by atoms with van der Waals surface area (Å²) < 4.78 is 17.8. The van der Waals surface area contributed by atoms with Gasteiger partial charge in [-0.15, -0.1) is 0 Å². The molecule has 1 aliphatic heterocycles. The molecule has 4 aromatic rings. The lowest BCUT2D eigenvalue weighted by Gasteiger charge is -2.26. The molecule has 1 unspecified atom stereocenters. The number of rotatable bonds is 8. The number of ether oxygens (including phenoxy) is 2. The Balaban J connectivity index is 1.63. The number of nitrogens with zero attached hydrogens (tertiary/aromatic N) is 1. The monoisotopic (exact) mass is 511 g/mol. The zero-order chi connectivity index (χ0) is 27.0. The minimum absolute atomic E-state index is 0.0969. The number of amides is 1. The van der Waals surface area contributed by atoms with Gasteiger partial charge in [-0.1, -0.05) is 61.4 Å². The lowest BCUT2D eigenvalue weighted by molar-refractivity contribution is 0.0714. The summed E-state index contributed by atoms with van der Waals surface area (Å²) in [5, 5.41) is 0.472. The Morgan fingerprint density at radius 2 is 1.66 bits per heavy atom. The molecule has 6 heteroatoms. The predicted octanol–water partition coefficient (Wildman–Crippen LogP) is 6.59. The van der Waals surface area contributed by atoms with Crippen molar-refractivity contribution in [3.05, 3.63) is 104 Å². The molecule has 1 atom stereocenters. The number of carbonyl (C=O) groups is 1. The van der Waals surface area contributed by atoms with Crippen LogP contribution in [0.15, 0.2) is 69.9 Å². The van der Waals surface area contributed by atoms with Crippen LogP contribution in [0.5, 0.6) is 11.5 Å². The Labute approximate surface area is 222 Å². The minimum atomic E-state index is -0.626. The van der Waals surface area contributed by atoms with Crippen molar-refractivity contribution in [2.24, 2.45) is 5.92 Å². The van der Waals surface area contributed by atoms with Crippen LogP contribution in [0.3, 0.4) is 0 Å². The highest BCUT2D eigenvalue weighted by atomic mass is 16.5. The molecule has 38 heavy (non-hydrogen) atoms. The van der Waals surface area contributed by atoms with E-state index in [1.165, 1.54) is 0 Å². The topological polar surface area (TPSA) is 69.0 Å². The maximum Gasteiger partial charge on any atom is 0.291 e. The molecule has 2 heterocycles. The van der Waals surface area contributed by atoms with E-state index in [1.807, 2.05) is 68.4 Å². The van der Waals surface area contributed by atoms with E-state index in [2.05, 4.69) is 13.8 Å². The summed E-state index contributed by atoms with van der Waals surface area (Å²) in [5.41, 5.74) is 4.40. The third-order valence-corrected chi connectivity index (χ3v) is 7.05. The van der Waals surface area contributed by atoms with Crippen molar-refractivity contribution in [1.82, 2.24) is 4.90 Å². The van der Waals surface area contributed by atoms with E-state index < -0.39 is 6.04 Å². The number of hydrogen-bond acceptors (Lipinski definition) is 5. The van der Waals surface area contributed by atoms with Crippen molar-refractivity contribution >= 4 is 16.9 Å². The summed E-state index contributed by atoms with van der Waals surface area (Å²) in [6.45, 7) is 9.16. The second-order valence-corrected chi connectivity index (χ2v) is 10.4. The number of benzene rings is 3. The first-order valence-corrected chi connectivity index (χ1v) is 13.0. The maximum absolute atomic E-state index is 13.9. The molecule has 1 aliphatic rings. The van der Waals surface area contributed by atoms with E-state index in [0.29, 0.717) is 47.1 Å². The Morgan fingerprint density at radius 1 is 0.921 bits per heavy atom. The standard InChI is InChI=1S/C32H33NO5/c1-19(2)14-15-37-26-13-11-23(17-27(26)36-5)29-28-30(34)24-16-21(4)8-12-25(24)38-31(28)32(35)33(29)18-22-9-6-20(3)7-10-22/h6-13,16-17,19,29H,14-15,18H2,1-5H3. The van der Waals surface area contributed by atoms with Crippen LogP contribution in [0, 0.1) is 19.8 Å². The summed E-state index contributed by atoms with van der Waals surface area (Å²) in [7, 11) is 1.59. The summed E-state index contributed by atoms with van der Waals surface area (Å²) >= 11 is 0. The van der Waals surface area contributed by atoms with Crippen LogP contribution in [0.1, 0.15) is 64.7 Å². The van der Waals surface area contributed by atoms with Gasteiger partial charge in [-0.25, -0.2) is 0 Å². The third kappa shape index (κ3) is 4.78. The van der Waals surface area contributed by atoms with Crippen molar-refractivity contribution in [2.75, 3.05) is 13.7 Å². The molecule has 6 nitrogen and oxygen atoms in total. The molecule has 1 amide bonds. The summed E-state index contributed by atoms with van der Waals surface area (Å²) in [6.07, 6.45) is 0.924. The Hall–Kier alpha value is -4.06. The van der Waals surface area contributed by atoms with Gasteiger partial charge in [0.15, 0.2) is 16.9 Å². The molecule has 0 spiro atoms. The zero-order valence-electron chi connectivity index (χ0n) is 22.5. The average molecular weight is 512 g/mol. The Bertz CT molecular complexity index is 1550. The van der Waals surface area contributed by atoms with Gasteiger partial charge in [-0.05, 0) is 61.6 Å². The number of carbonyl (C=O) groups excluding carboxylic acids is 1. The predicted molar refractivity (Wildman–Crippen MR) is 148 cm³/mol. The first-order chi connectivity index (χ1) is 18.3. The molecule has 3 aromatic carbocycles. The SMILES string of the molecule is COc1cc(C2c3c(oc4ccc(C)cc4c3=O)C(=O)N2Cc2ccc(C)cc2)ccc1OCCC(C)C. The number of fused-ring (bicyclic) bond motifs is 2. The fourth-order valence-corrected chi connectivity index (χ4v) is 4.91. The molecule has 0 fully saturated rings. The highest BCUT2D eigenvalue weighted by Gasteiger charge is 2.43. The van der Waals surface area contributed by atoms with E-state index in [-0.39, 0.29) is 17.1 Å². The Kier molecular flexibility index (Phi) is 6.98. The van der Waals surface area contributed by atoms with Crippen LogP contribution >= 0.6 is 0 Å². The maximum atomic E-state index is 13.9. The molecule has 0 aliphatic carbocycles. The van der Waals surface area contributed by atoms with Crippen molar-refractivity contribution < 1.29 is 18.7 Å². The van der Waals surface area contributed by atoms with E-state index in [1.54, 1.807) is 18.1 Å². The number of aryl methyl sites for hydroxylation is 2. The number of hydrogen-bond donors (Lipinski definition) is 0. The van der Waals surface area contributed by atoms with Crippen LogP contribution in [0.2, 0.25) is 0 Å². The molecule has 0 saturated heterocycles. The van der Waals surface area contributed by atoms with E-state index in [0.717, 1.165) is 28.7 Å². The molecule has 0 saturated carbocycles. The minimum Gasteiger partial charge on any atom is -0.493 e. The first kappa shape index (κ1) is 25.6. The summed E-state index contributed by atoms with van der Waals surface area (Å²) in [5.74, 6) is 1.51. The molecule has 0 bridgehead atoms.